The van der Waals surface area contributed by atoms with E-state index in [2.05, 4.69) is 0 Å². The smallest absolute Gasteiger partial charge is 0.126 e. The van der Waals surface area contributed by atoms with Crippen LogP contribution in [0.1, 0.15) is 24.5 Å². The monoisotopic (exact) mass is 213 g/mol. The molecule has 2 nitrogen and oxygen atoms in total. The Labute approximate surface area is 87.0 Å². The lowest BCUT2D eigenvalue weighted by Gasteiger charge is -2.12. The molecule has 4 heteroatoms. The third kappa shape index (κ3) is 2.33. The standard InChI is InChI=1S/C11H13F2NO/c12-8-3-7(4-9(13)5-8)11-2-1-10(6-14)15-11/h3-5,10-11H,1-2,6,14H2. The van der Waals surface area contributed by atoms with E-state index >= 15 is 0 Å². The summed E-state index contributed by atoms with van der Waals surface area (Å²) in [6.07, 6.45) is 1.41. The summed E-state index contributed by atoms with van der Waals surface area (Å²) >= 11 is 0. The Bertz CT molecular complexity index is 336. The molecule has 0 bridgehead atoms. The SMILES string of the molecule is NCC1CCC(c2cc(F)cc(F)c2)O1. The second kappa shape index (κ2) is 4.24. The molecule has 1 aromatic rings. The van der Waals surface area contributed by atoms with Gasteiger partial charge in [0.2, 0.25) is 0 Å². The Morgan fingerprint density at radius 2 is 1.87 bits per heavy atom. The van der Waals surface area contributed by atoms with E-state index < -0.39 is 11.6 Å². The van der Waals surface area contributed by atoms with Crippen molar-refractivity contribution in [2.75, 3.05) is 6.54 Å². The summed E-state index contributed by atoms with van der Waals surface area (Å²) in [5.41, 5.74) is 6.02. The molecule has 82 valence electrons. The second-order valence-electron chi connectivity index (χ2n) is 3.76. The lowest BCUT2D eigenvalue weighted by atomic mass is 10.1. The molecule has 1 aliphatic heterocycles. The van der Waals surface area contributed by atoms with E-state index in [9.17, 15) is 8.78 Å². The number of hydrogen-bond acceptors (Lipinski definition) is 2. The minimum absolute atomic E-state index is 0.0151. The van der Waals surface area contributed by atoms with Gasteiger partial charge < -0.3 is 10.5 Å². The Morgan fingerprint density at radius 1 is 1.20 bits per heavy atom. The van der Waals surface area contributed by atoms with Crippen LogP contribution in [0.25, 0.3) is 0 Å². The number of rotatable bonds is 2. The highest BCUT2D eigenvalue weighted by atomic mass is 19.1. The van der Waals surface area contributed by atoms with Crippen LogP contribution in [0.15, 0.2) is 18.2 Å². The summed E-state index contributed by atoms with van der Waals surface area (Å²) in [5.74, 6) is -1.13. The summed E-state index contributed by atoms with van der Waals surface area (Å²) in [6.45, 7) is 0.453. The Kier molecular flexibility index (Phi) is 2.98. The lowest BCUT2D eigenvalue weighted by Crippen LogP contribution is -2.18. The van der Waals surface area contributed by atoms with Crippen molar-refractivity contribution in [2.45, 2.75) is 25.0 Å². The van der Waals surface area contributed by atoms with Crippen molar-refractivity contribution in [3.8, 4) is 0 Å². The van der Waals surface area contributed by atoms with Gasteiger partial charge >= 0.3 is 0 Å². The van der Waals surface area contributed by atoms with E-state index in [1.165, 1.54) is 12.1 Å². The van der Waals surface area contributed by atoms with Crippen molar-refractivity contribution in [3.05, 3.63) is 35.4 Å². The molecule has 1 fully saturated rings. The van der Waals surface area contributed by atoms with Gasteiger partial charge in [-0.05, 0) is 30.5 Å². The Balaban J connectivity index is 2.16. The van der Waals surface area contributed by atoms with Gasteiger partial charge in [0, 0.05) is 12.6 Å². The van der Waals surface area contributed by atoms with Crippen molar-refractivity contribution >= 4 is 0 Å². The highest BCUT2D eigenvalue weighted by molar-refractivity contribution is 5.21. The highest BCUT2D eigenvalue weighted by Gasteiger charge is 2.25. The van der Waals surface area contributed by atoms with Crippen LogP contribution < -0.4 is 5.73 Å². The zero-order valence-corrected chi connectivity index (χ0v) is 8.25. The molecule has 2 N–H and O–H groups in total. The van der Waals surface area contributed by atoms with Crippen LogP contribution in [0.2, 0.25) is 0 Å². The summed E-state index contributed by atoms with van der Waals surface area (Å²) in [7, 11) is 0. The third-order valence-corrected chi connectivity index (χ3v) is 2.63. The van der Waals surface area contributed by atoms with E-state index in [0.717, 1.165) is 18.9 Å². The maximum Gasteiger partial charge on any atom is 0.126 e. The van der Waals surface area contributed by atoms with Gasteiger partial charge in [-0.25, -0.2) is 8.78 Å². The molecule has 1 saturated heterocycles. The van der Waals surface area contributed by atoms with E-state index in [4.69, 9.17) is 10.5 Å². The zero-order chi connectivity index (χ0) is 10.8. The molecule has 1 aromatic carbocycles. The van der Waals surface area contributed by atoms with Crippen LogP contribution in [-0.2, 0) is 4.74 Å². The van der Waals surface area contributed by atoms with Crippen molar-refractivity contribution < 1.29 is 13.5 Å². The summed E-state index contributed by atoms with van der Waals surface area (Å²) in [6, 6.07) is 3.48. The van der Waals surface area contributed by atoms with E-state index in [1.54, 1.807) is 0 Å². The van der Waals surface area contributed by atoms with E-state index in [0.29, 0.717) is 12.1 Å². The third-order valence-electron chi connectivity index (χ3n) is 2.63. The fraction of sp³-hybridized carbons (Fsp3) is 0.455. The molecule has 2 unspecified atom stereocenters. The predicted molar refractivity (Wildman–Crippen MR) is 52.3 cm³/mol. The van der Waals surface area contributed by atoms with Gasteiger partial charge in [0.05, 0.1) is 12.2 Å². The van der Waals surface area contributed by atoms with Gasteiger partial charge in [0.25, 0.3) is 0 Å². The lowest BCUT2D eigenvalue weighted by molar-refractivity contribution is 0.0495. The number of halogens is 2. The maximum absolute atomic E-state index is 12.9. The summed E-state index contributed by atoms with van der Waals surface area (Å²) < 4.78 is 31.4. The van der Waals surface area contributed by atoms with Crippen molar-refractivity contribution in [1.82, 2.24) is 0 Å². The molecule has 2 rings (SSSR count). The summed E-state index contributed by atoms with van der Waals surface area (Å²) in [4.78, 5) is 0. The Morgan fingerprint density at radius 3 is 2.40 bits per heavy atom. The number of ether oxygens (including phenoxy) is 1. The molecule has 0 aliphatic carbocycles. The van der Waals surface area contributed by atoms with Crippen LogP contribution >= 0.6 is 0 Å². The first-order valence-electron chi connectivity index (χ1n) is 5.00. The van der Waals surface area contributed by atoms with Crippen LogP contribution in [0.3, 0.4) is 0 Å². The number of hydrogen-bond donors (Lipinski definition) is 1. The fourth-order valence-electron chi connectivity index (χ4n) is 1.89. The largest absolute Gasteiger partial charge is 0.369 e. The molecule has 0 amide bonds. The molecule has 1 aliphatic rings. The summed E-state index contributed by atoms with van der Waals surface area (Å²) in [5, 5.41) is 0. The van der Waals surface area contributed by atoms with Gasteiger partial charge in [-0.1, -0.05) is 0 Å². The van der Waals surface area contributed by atoms with Gasteiger partial charge in [0.15, 0.2) is 0 Å². The van der Waals surface area contributed by atoms with Gasteiger partial charge in [0.1, 0.15) is 11.6 Å². The number of benzene rings is 1. The minimum atomic E-state index is -0.565. The van der Waals surface area contributed by atoms with Gasteiger partial charge in [-0.15, -0.1) is 0 Å². The molecule has 15 heavy (non-hydrogen) atoms. The predicted octanol–water partition coefficient (Wildman–Crippen LogP) is 2.14. The van der Waals surface area contributed by atoms with Crippen LogP contribution in [0.5, 0.6) is 0 Å². The molecule has 2 atom stereocenters. The molecule has 0 radical (unpaired) electrons. The quantitative estimate of drug-likeness (QED) is 0.816. The van der Waals surface area contributed by atoms with Gasteiger partial charge in [-0.2, -0.15) is 0 Å². The second-order valence-corrected chi connectivity index (χ2v) is 3.76. The molecule has 0 spiro atoms. The first-order chi connectivity index (χ1) is 7.19. The zero-order valence-electron chi connectivity index (χ0n) is 8.25. The highest BCUT2D eigenvalue weighted by Crippen LogP contribution is 2.32. The van der Waals surface area contributed by atoms with Crippen LogP contribution in [0, 0.1) is 11.6 Å². The van der Waals surface area contributed by atoms with Crippen molar-refractivity contribution in [1.29, 1.82) is 0 Å². The van der Waals surface area contributed by atoms with Crippen molar-refractivity contribution in [3.63, 3.8) is 0 Å². The molecule has 1 heterocycles. The average Bonchev–Trinajstić information content (AvgIpc) is 2.64. The van der Waals surface area contributed by atoms with Gasteiger partial charge in [-0.3, -0.25) is 0 Å². The normalized spacial score (nSPS) is 25.8. The minimum Gasteiger partial charge on any atom is -0.369 e. The van der Waals surface area contributed by atoms with Crippen LogP contribution in [-0.4, -0.2) is 12.6 Å². The molecular weight excluding hydrogens is 200 g/mol. The molecule has 0 saturated carbocycles. The van der Waals surface area contributed by atoms with Crippen molar-refractivity contribution in [2.24, 2.45) is 5.73 Å². The topological polar surface area (TPSA) is 35.2 Å². The maximum atomic E-state index is 12.9. The fourth-order valence-corrected chi connectivity index (χ4v) is 1.89. The number of nitrogens with two attached hydrogens (primary N) is 1. The Hall–Kier alpha value is -1.00. The van der Waals surface area contributed by atoms with E-state index in [-0.39, 0.29) is 12.2 Å². The average molecular weight is 213 g/mol. The molecule has 0 aromatic heterocycles. The first kappa shape index (κ1) is 10.5. The molecular formula is C11H13F2NO. The first-order valence-corrected chi connectivity index (χ1v) is 5.00. The van der Waals surface area contributed by atoms with E-state index in [1.807, 2.05) is 0 Å². The van der Waals surface area contributed by atoms with Crippen LogP contribution in [0.4, 0.5) is 8.78 Å².